The molecule has 4 nitrogen and oxygen atoms in total. The lowest BCUT2D eigenvalue weighted by Gasteiger charge is -2.14. The number of para-hydroxylation sites is 1. The Bertz CT molecular complexity index is 681. The summed E-state index contributed by atoms with van der Waals surface area (Å²) >= 11 is 1.45. The minimum absolute atomic E-state index is 0.0125. The van der Waals surface area contributed by atoms with Crippen molar-refractivity contribution in [3.05, 3.63) is 45.4 Å². The average Bonchev–Trinajstić information content (AvgIpc) is 2.72. The van der Waals surface area contributed by atoms with E-state index < -0.39 is 0 Å². The van der Waals surface area contributed by atoms with Gasteiger partial charge in [0.2, 0.25) is 0 Å². The fraction of sp³-hybridized carbons (Fsp3) is 0.412. The van der Waals surface area contributed by atoms with Gasteiger partial charge >= 0.3 is 0 Å². The van der Waals surface area contributed by atoms with Crippen LogP contribution in [0.1, 0.15) is 32.4 Å². The first kappa shape index (κ1) is 15.0. The minimum atomic E-state index is -0.0125. The molecule has 1 aliphatic heterocycles. The Hall–Kier alpha value is -1.88. The normalized spacial score (nSPS) is 17.3. The first-order valence-electron chi connectivity index (χ1n) is 7.56. The van der Waals surface area contributed by atoms with Crippen molar-refractivity contribution in [2.45, 2.75) is 26.7 Å². The molecular formula is C17H20N2O2S. The van der Waals surface area contributed by atoms with Gasteiger partial charge in [-0.2, -0.15) is 0 Å². The maximum atomic E-state index is 12.3. The van der Waals surface area contributed by atoms with E-state index in [1.165, 1.54) is 16.9 Å². The van der Waals surface area contributed by atoms with Crippen molar-refractivity contribution >= 4 is 17.2 Å². The van der Waals surface area contributed by atoms with Crippen LogP contribution in [0.3, 0.4) is 0 Å². The monoisotopic (exact) mass is 316 g/mol. The third-order valence-corrected chi connectivity index (χ3v) is 5.00. The van der Waals surface area contributed by atoms with Gasteiger partial charge in [0.25, 0.3) is 5.91 Å². The van der Waals surface area contributed by atoms with Gasteiger partial charge in [-0.1, -0.05) is 18.2 Å². The number of aromatic nitrogens is 1. The number of carbonyl (C=O) groups is 1. The molecule has 22 heavy (non-hydrogen) atoms. The highest BCUT2D eigenvalue weighted by molar-refractivity contribution is 7.13. The number of amides is 1. The standard InChI is InChI=1S/C17H20N2O2S/c1-11-16(22-12(2)19-11)17(20)18-10-13-7-8-21-15-6-4-3-5-14(15)9-13/h3-6,13H,7-10H2,1-2H3,(H,18,20)/t13-/m1/s1. The van der Waals surface area contributed by atoms with Crippen LogP contribution in [-0.4, -0.2) is 24.0 Å². The number of ether oxygens (including phenoxy) is 1. The molecular weight excluding hydrogens is 296 g/mol. The Morgan fingerprint density at radius 3 is 3.00 bits per heavy atom. The average molecular weight is 316 g/mol. The van der Waals surface area contributed by atoms with Gasteiger partial charge in [-0.25, -0.2) is 4.98 Å². The van der Waals surface area contributed by atoms with Gasteiger partial charge in [0.15, 0.2) is 0 Å². The molecule has 1 aromatic heterocycles. The second-order valence-corrected chi connectivity index (χ2v) is 6.88. The Balaban J connectivity index is 1.62. The summed E-state index contributed by atoms with van der Waals surface area (Å²) in [5, 5.41) is 3.99. The lowest BCUT2D eigenvalue weighted by atomic mass is 9.97. The number of carbonyl (C=O) groups excluding carboxylic acids is 1. The Morgan fingerprint density at radius 2 is 2.23 bits per heavy atom. The number of hydrogen-bond donors (Lipinski definition) is 1. The summed E-state index contributed by atoms with van der Waals surface area (Å²) in [7, 11) is 0. The van der Waals surface area contributed by atoms with Gasteiger partial charge in [0.05, 0.1) is 17.3 Å². The molecule has 2 heterocycles. The number of hydrogen-bond acceptors (Lipinski definition) is 4. The second kappa shape index (κ2) is 6.48. The van der Waals surface area contributed by atoms with E-state index in [2.05, 4.69) is 16.4 Å². The van der Waals surface area contributed by atoms with Crippen LogP contribution in [0.15, 0.2) is 24.3 Å². The summed E-state index contributed by atoms with van der Waals surface area (Å²) in [5.74, 6) is 1.37. The quantitative estimate of drug-likeness (QED) is 0.946. The molecule has 0 spiro atoms. The van der Waals surface area contributed by atoms with Gasteiger partial charge in [-0.3, -0.25) is 4.79 Å². The van der Waals surface area contributed by atoms with E-state index in [1.807, 2.05) is 32.0 Å². The molecule has 1 N–H and O–H groups in total. The number of fused-ring (bicyclic) bond motifs is 1. The molecule has 1 atom stereocenters. The molecule has 1 aliphatic rings. The molecule has 0 radical (unpaired) electrons. The molecule has 0 fully saturated rings. The minimum Gasteiger partial charge on any atom is -0.493 e. The second-order valence-electron chi connectivity index (χ2n) is 5.67. The van der Waals surface area contributed by atoms with E-state index in [0.29, 0.717) is 19.1 Å². The number of benzene rings is 1. The van der Waals surface area contributed by atoms with Crippen LogP contribution in [0.25, 0.3) is 0 Å². The zero-order chi connectivity index (χ0) is 15.5. The van der Waals surface area contributed by atoms with Crippen LogP contribution in [0.2, 0.25) is 0 Å². The van der Waals surface area contributed by atoms with E-state index in [0.717, 1.165) is 34.2 Å². The third-order valence-electron chi connectivity index (χ3n) is 3.93. The first-order valence-corrected chi connectivity index (χ1v) is 8.38. The van der Waals surface area contributed by atoms with Crippen molar-refractivity contribution in [1.82, 2.24) is 10.3 Å². The Labute approximate surface area is 134 Å². The molecule has 0 saturated carbocycles. The van der Waals surface area contributed by atoms with Crippen molar-refractivity contribution < 1.29 is 9.53 Å². The molecule has 3 rings (SSSR count). The fourth-order valence-electron chi connectivity index (χ4n) is 2.80. The van der Waals surface area contributed by atoms with Crippen molar-refractivity contribution in [3.8, 4) is 5.75 Å². The highest BCUT2D eigenvalue weighted by Gasteiger charge is 2.19. The van der Waals surface area contributed by atoms with Crippen LogP contribution in [0.4, 0.5) is 0 Å². The SMILES string of the molecule is Cc1nc(C)c(C(=O)NC[C@@H]2CCOc3ccccc3C2)s1. The zero-order valence-electron chi connectivity index (χ0n) is 12.9. The lowest BCUT2D eigenvalue weighted by Crippen LogP contribution is -2.30. The predicted octanol–water partition coefficient (Wildman–Crippen LogP) is 3.13. The summed E-state index contributed by atoms with van der Waals surface area (Å²) < 4.78 is 5.77. The maximum Gasteiger partial charge on any atom is 0.263 e. The summed E-state index contributed by atoms with van der Waals surface area (Å²) in [6, 6.07) is 8.15. The van der Waals surface area contributed by atoms with Gasteiger partial charge in [-0.05, 0) is 44.2 Å². The largest absolute Gasteiger partial charge is 0.493 e. The first-order chi connectivity index (χ1) is 10.6. The number of nitrogens with zero attached hydrogens (tertiary/aromatic N) is 1. The zero-order valence-corrected chi connectivity index (χ0v) is 13.7. The molecule has 0 unspecified atom stereocenters. The molecule has 0 saturated heterocycles. The molecule has 0 aliphatic carbocycles. The van der Waals surface area contributed by atoms with E-state index in [1.54, 1.807) is 0 Å². The van der Waals surface area contributed by atoms with E-state index in [-0.39, 0.29) is 5.91 Å². The highest BCUT2D eigenvalue weighted by atomic mass is 32.1. The predicted molar refractivity (Wildman–Crippen MR) is 87.7 cm³/mol. The Kier molecular flexibility index (Phi) is 4.43. The number of thiazole rings is 1. The van der Waals surface area contributed by atoms with Gasteiger partial charge in [-0.15, -0.1) is 11.3 Å². The number of rotatable bonds is 3. The van der Waals surface area contributed by atoms with Crippen LogP contribution in [0.5, 0.6) is 5.75 Å². The smallest absolute Gasteiger partial charge is 0.263 e. The van der Waals surface area contributed by atoms with Crippen molar-refractivity contribution in [2.75, 3.05) is 13.2 Å². The Morgan fingerprint density at radius 1 is 1.41 bits per heavy atom. The third kappa shape index (κ3) is 3.30. The van der Waals surface area contributed by atoms with E-state index in [4.69, 9.17) is 4.74 Å². The summed E-state index contributed by atoms with van der Waals surface area (Å²) in [4.78, 5) is 17.3. The lowest BCUT2D eigenvalue weighted by molar-refractivity contribution is 0.0948. The van der Waals surface area contributed by atoms with E-state index in [9.17, 15) is 4.79 Å². The van der Waals surface area contributed by atoms with Gasteiger partial charge < -0.3 is 10.1 Å². The number of nitrogens with one attached hydrogen (secondary N) is 1. The summed E-state index contributed by atoms with van der Waals surface area (Å²) in [5.41, 5.74) is 2.04. The molecule has 5 heteroatoms. The van der Waals surface area contributed by atoms with Gasteiger partial charge in [0.1, 0.15) is 10.6 Å². The van der Waals surface area contributed by atoms with Crippen LogP contribution in [-0.2, 0) is 6.42 Å². The molecule has 1 amide bonds. The van der Waals surface area contributed by atoms with Gasteiger partial charge in [0, 0.05) is 6.54 Å². The summed E-state index contributed by atoms with van der Waals surface area (Å²) in [6.07, 6.45) is 1.90. The van der Waals surface area contributed by atoms with Crippen LogP contribution >= 0.6 is 11.3 Å². The highest BCUT2D eigenvalue weighted by Crippen LogP contribution is 2.26. The van der Waals surface area contributed by atoms with Crippen molar-refractivity contribution in [2.24, 2.45) is 5.92 Å². The van der Waals surface area contributed by atoms with E-state index >= 15 is 0 Å². The summed E-state index contributed by atoms with van der Waals surface area (Å²) in [6.45, 7) is 5.19. The molecule has 116 valence electrons. The number of aryl methyl sites for hydroxylation is 2. The molecule has 2 aromatic rings. The molecule has 0 bridgehead atoms. The molecule has 1 aromatic carbocycles. The maximum absolute atomic E-state index is 12.3. The van der Waals surface area contributed by atoms with Crippen LogP contribution in [0, 0.1) is 19.8 Å². The fourth-order valence-corrected chi connectivity index (χ4v) is 3.63. The van der Waals surface area contributed by atoms with Crippen LogP contribution < -0.4 is 10.1 Å². The van der Waals surface area contributed by atoms with Crippen molar-refractivity contribution in [3.63, 3.8) is 0 Å². The topological polar surface area (TPSA) is 51.2 Å². The van der Waals surface area contributed by atoms with Crippen molar-refractivity contribution in [1.29, 1.82) is 0 Å².